The summed E-state index contributed by atoms with van der Waals surface area (Å²) in [5.41, 5.74) is 8.03. The SMILES string of the molecule is COc1ccc(OC(C)C)cc1Nc1ccncc1N. The van der Waals surface area contributed by atoms with E-state index in [1.165, 1.54) is 0 Å². The summed E-state index contributed by atoms with van der Waals surface area (Å²) in [6.45, 7) is 3.97. The van der Waals surface area contributed by atoms with Gasteiger partial charge in [0.1, 0.15) is 11.5 Å². The Kier molecular flexibility index (Phi) is 4.30. The number of rotatable bonds is 5. The lowest BCUT2D eigenvalue weighted by Crippen LogP contribution is -2.06. The van der Waals surface area contributed by atoms with E-state index in [9.17, 15) is 0 Å². The molecule has 0 unspecified atom stereocenters. The van der Waals surface area contributed by atoms with Crippen molar-refractivity contribution in [2.75, 3.05) is 18.2 Å². The Balaban J connectivity index is 2.31. The van der Waals surface area contributed by atoms with Gasteiger partial charge in [0.25, 0.3) is 0 Å². The summed E-state index contributed by atoms with van der Waals surface area (Å²) >= 11 is 0. The van der Waals surface area contributed by atoms with Crippen LogP contribution in [-0.4, -0.2) is 18.2 Å². The minimum absolute atomic E-state index is 0.113. The van der Waals surface area contributed by atoms with E-state index >= 15 is 0 Å². The molecular formula is C15H19N3O2. The van der Waals surface area contributed by atoms with E-state index in [-0.39, 0.29) is 6.10 Å². The Morgan fingerprint density at radius 1 is 1.20 bits per heavy atom. The van der Waals surface area contributed by atoms with Crippen LogP contribution in [0, 0.1) is 0 Å². The fourth-order valence-corrected chi connectivity index (χ4v) is 1.80. The maximum Gasteiger partial charge on any atom is 0.142 e. The quantitative estimate of drug-likeness (QED) is 0.875. The minimum atomic E-state index is 0.113. The van der Waals surface area contributed by atoms with Crippen LogP contribution in [-0.2, 0) is 0 Å². The Morgan fingerprint density at radius 3 is 2.65 bits per heavy atom. The summed E-state index contributed by atoms with van der Waals surface area (Å²) in [7, 11) is 1.62. The molecule has 1 aromatic heterocycles. The second kappa shape index (κ2) is 6.14. The van der Waals surface area contributed by atoms with Gasteiger partial charge in [-0.1, -0.05) is 0 Å². The van der Waals surface area contributed by atoms with Gasteiger partial charge < -0.3 is 20.5 Å². The molecular weight excluding hydrogens is 254 g/mol. The lowest BCUT2D eigenvalue weighted by atomic mass is 10.2. The first kappa shape index (κ1) is 14.0. The minimum Gasteiger partial charge on any atom is -0.495 e. The highest BCUT2D eigenvalue weighted by Gasteiger charge is 2.08. The molecule has 0 spiro atoms. The van der Waals surface area contributed by atoms with Crippen molar-refractivity contribution < 1.29 is 9.47 Å². The van der Waals surface area contributed by atoms with Crippen molar-refractivity contribution in [3.05, 3.63) is 36.7 Å². The number of aromatic nitrogens is 1. The average molecular weight is 273 g/mol. The number of hydrogen-bond donors (Lipinski definition) is 2. The van der Waals surface area contributed by atoms with E-state index in [1.807, 2.05) is 38.1 Å². The van der Waals surface area contributed by atoms with Gasteiger partial charge in [0.2, 0.25) is 0 Å². The molecule has 0 saturated carbocycles. The fraction of sp³-hybridized carbons (Fsp3) is 0.267. The third-order valence-corrected chi connectivity index (χ3v) is 2.66. The standard InChI is InChI=1S/C15H19N3O2/c1-10(2)20-11-4-5-15(19-3)14(8-11)18-13-6-7-17-9-12(13)16/h4-10H,16H2,1-3H3,(H,17,18). The molecule has 0 amide bonds. The van der Waals surface area contributed by atoms with E-state index < -0.39 is 0 Å². The molecule has 0 aliphatic heterocycles. The van der Waals surface area contributed by atoms with Crippen LogP contribution in [0.5, 0.6) is 11.5 Å². The van der Waals surface area contributed by atoms with E-state index in [1.54, 1.807) is 19.5 Å². The smallest absolute Gasteiger partial charge is 0.142 e. The highest BCUT2D eigenvalue weighted by atomic mass is 16.5. The lowest BCUT2D eigenvalue weighted by molar-refractivity contribution is 0.242. The molecule has 2 aromatic rings. The zero-order chi connectivity index (χ0) is 14.5. The summed E-state index contributed by atoms with van der Waals surface area (Å²) in [5.74, 6) is 1.49. The maximum atomic E-state index is 5.88. The molecule has 5 heteroatoms. The molecule has 0 bridgehead atoms. The van der Waals surface area contributed by atoms with Gasteiger partial charge in [0.05, 0.1) is 36.5 Å². The summed E-state index contributed by atoms with van der Waals surface area (Å²) in [5, 5.41) is 3.24. The van der Waals surface area contributed by atoms with Crippen LogP contribution in [0.25, 0.3) is 0 Å². The van der Waals surface area contributed by atoms with Crippen LogP contribution in [0.2, 0.25) is 0 Å². The van der Waals surface area contributed by atoms with Crippen LogP contribution in [0.3, 0.4) is 0 Å². The van der Waals surface area contributed by atoms with Gasteiger partial charge >= 0.3 is 0 Å². The van der Waals surface area contributed by atoms with Crippen molar-refractivity contribution in [3.63, 3.8) is 0 Å². The fourth-order valence-electron chi connectivity index (χ4n) is 1.80. The normalized spacial score (nSPS) is 10.4. The number of ether oxygens (including phenoxy) is 2. The van der Waals surface area contributed by atoms with Crippen LogP contribution in [0.1, 0.15) is 13.8 Å². The van der Waals surface area contributed by atoms with Crippen LogP contribution < -0.4 is 20.5 Å². The average Bonchev–Trinajstić information content (AvgIpc) is 2.41. The Hall–Kier alpha value is -2.43. The zero-order valence-electron chi connectivity index (χ0n) is 11.9. The predicted molar refractivity (Wildman–Crippen MR) is 80.7 cm³/mol. The third-order valence-electron chi connectivity index (χ3n) is 2.66. The Bertz CT molecular complexity index is 585. The van der Waals surface area contributed by atoms with Gasteiger partial charge in [0, 0.05) is 12.3 Å². The topological polar surface area (TPSA) is 69.4 Å². The number of anilines is 3. The van der Waals surface area contributed by atoms with E-state index in [2.05, 4.69) is 10.3 Å². The van der Waals surface area contributed by atoms with Crippen molar-refractivity contribution in [1.82, 2.24) is 4.98 Å². The molecule has 0 aliphatic carbocycles. The molecule has 20 heavy (non-hydrogen) atoms. The molecule has 0 aliphatic rings. The van der Waals surface area contributed by atoms with Crippen molar-refractivity contribution in [3.8, 4) is 11.5 Å². The number of nitrogen functional groups attached to an aromatic ring is 1. The number of nitrogens with zero attached hydrogens (tertiary/aromatic N) is 1. The van der Waals surface area contributed by atoms with Crippen molar-refractivity contribution in [1.29, 1.82) is 0 Å². The molecule has 3 N–H and O–H groups in total. The first-order valence-corrected chi connectivity index (χ1v) is 6.41. The summed E-state index contributed by atoms with van der Waals surface area (Å²) in [4.78, 5) is 3.97. The van der Waals surface area contributed by atoms with E-state index in [0.29, 0.717) is 5.69 Å². The van der Waals surface area contributed by atoms with Gasteiger partial charge in [-0.2, -0.15) is 0 Å². The number of methoxy groups -OCH3 is 1. The molecule has 106 valence electrons. The number of nitrogens with two attached hydrogens (primary N) is 1. The Labute approximate surface area is 118 Å². The third kappa shape index (κ3) is 3.32. The monoisotopic (exact) mass is 273 g/mol. The van der Waals surface area contributed by atoms with Gasteiger partial charge in [-0.05, 0) is 32.0 Å². The van der Waals surface area contributed by atoms with Crippen LogP contribution in [0.15, 0.2) is 36.7 Å². The molecule has 2 rings (SSSR count). The van der Waals surface area contributed by atoms with Crippen molar-refractivity contribution >= 4 is 17.1 Å². The summed E-state index contributed by atoms with van der Waals surface area (Å²) < 4.78 is 11.0. The van der Waals surface area contributed by atoms with E-state index in [0.717, 1.165) is 22.9 Å². The molecule has 1 aromatic carbocycles. The van der Waals surface area contributed by atoms with Gasteiger partial charge in [0.15, 0.2) is 0 Å². The number of hydrogen-bond acceptors (Lipinski definition) is 5. The molecule has 0 atom stereocenters. The lowest BCUT2D eigenvalue weighted by Gasteiger charge is -2.15. The summed E-state index contributed by atoms with van der Waals surface area (Å²) in [6.07, 6.45) is 3.39. The van der Waals surface area contributed by atoms with Crippen LogP contribution >= 0.6 is 0 Å². The van der Waals surface area contributed by atoms with Crippen molar-refractivity contribution in [2.45, 2.75) is 20.0 Å². The molecule has 0 saturated heterocycles. The van der Waals surface area contributed by atoms with Crippen LogP contribution in [0.4, 0.5) is 17.1 Å². The van der Waals surface area contributed by atoms with Crippen molar-refractivity contribution in [2.24, 2.45) is 0 Å². The number of pyridine rings is 1. The largest absolute Gasteiger partial charge is 0.495 e. The number of benzene rings is 1. The molecule has 0 radical (unpaired) electrons. The van der Waals surface area contributed by atoms with Gasteiger partial charge in [-0.3, -0.25) is 4.98 Å². The van der Waals surface area contributed by atoms with E-state index in [4.69, 9.17) is 15.2 Å². The predicted octanol–water partition coefficient (Wildman–Crippen LogP) is 3.20. The Morgan fingerprint density at radius 2 is 2.00 bits per heavy atom. The first-order valence-electron chi connectivity index (χ1n) is 6.41. The second-order valence-electron chi connectivity index (χ2n) is 4.62. The molecule has 0 fully saturated rings. The highest BCUT2D eigenvalue weighted by Crippen LogP contribution is 2.33. The molecule has 1 heterocycles. The summed E-state index contributed by atoms with van der Waals surface area (Å²) in [6, 6.07) is 7.43. The maximum absolute atomic E-state index is 5.88. The highest BCUT2D eigenvalue weighted by molar-refractivity contribution is 5.75. The zero-order valence-corrected chi connectivity index (χ0v) is 11.9. The number of nitrogens with one attached hydrogen (secondary N) is 1. The second-order valence-corrected chi connectivity index (χ2v) is 4.62. The van der Waals surface area contributed by atoms with Gasteiger partial charge in [-0.25, -0.2) is 0 Å². The van der Waals surface area contributed by atoms with Gasteiger partial charge in [-0.15, -0.1) is 0 Å². The molecule has 5 nitrogen and oxygen atoms in total. The first-order chi connectivity index (χ1) is 9.60.